The van der Waals surface area contributed by atoms with Gasteiger partial charge in [0.1, 0.15) is 0 Å². The minimum absolute atomic E-state index is 0.117. The number of esters is 1. The monoisotopic (exact) mass is 221 g/mol. The number of hydrogen-bond donors (Lipinski definition) is 1. The molecule has 0 aliphatic heterocycles. The van der Waals surface area contributed by atoms with Crippen molar-refractivity contribution in [2.24, 2.45) is 5.92 Å². The third kappa shape index (κ3) is 1.81. The Morgan fingerprint density at radius 2 is 2.12 bits per heavy atom. The fraction of sp³-hybridized carbons (Fsp3) is 0.417. The molecule has 0 saturated carbocycles. The second-order valence-corrected chi connectivity index (χ2v) is 3.83. The van der Waals surface area contributed by atoms with Crippen molar-refractivity contribution in [2.75, 3.05) is 14.2 Å². The normalized spacial score (nSPS) is 22.9. The van der Waals surface area contributed by atoms with E-state index in [4.69, 9.17) is 9.57 Å². The lowest BCUT2D eigenvalue weighted by Gasteiger charge is -2.18. The van der Waals surface area contributed by atoms with Crippen molar-refractivity contribution >= 4 is 5.97 Å². The van der Waals surface area contributed by atoms with Crippen LogP contribution in [0.25, 0.3) is 0 Å². The molecule has 0 saturated heterocycles. The Balaban J connectivity index is 2.29. The van der Waals surface area contributed by atoms with Crippen LogP contribution in [0.15, 0.2) is 24.3 Å². The van der Waals surface area contributed by atoms with Gasteiger partial charge in [-0.3, -0.25) is 4.79 Å². The van der Waals surface area contributed by atoms with Gasteiger partial charge in [0.15, 0.2) is 0 Å². The van der Waals surface area contributed by atoms with Crippen LogP contribution in [0.4, 0.5) is 0 Å². The first kappa shape index (κ1) is 11.1. The van der Waals surface area contributed by atoms with E-state index >= 15 is 0 Å². The van der Waals surface area contributed by atoms with Crippen LogP contribution in [0, 0.1) is 5.92 Å². The summed E-state index contributed by atoms with van der Waals surface area (Å²) in [5.74, 6) is -0.409. The van der Waals surface area contributed by atoms with Gasteiger partial charge in [0.05, 0.1) is 26.2 Å². The van der Waals surface area contributed by atoms with Crippen molar-refractivity contribution in [2.45, 2.75) is 12.5 Å². The van der Waals surface area contributed by atoms with Crippen LogP contribution in [0.2, 0.25) is 0 Å². The number of carbonyl (C=O) groups is 1. The van der Waals surface area contributed by atoms with Gasteiger partial charge in [0.2, 0.25) is 0 Å². The highest BCUT2D eigenvalue weighted by Crippen LogP contribution is 2.36. The average Bonchev–Trinajstić information content (AvgIpc) is 2.68. The lowest BCUT2D eigenvalue weighted by Crippen LogP contribution is -2.30. The Morgan fingerprint density at radius 1 is 1.38 bits per heavy atom. The smallest absolute Gasteiger partial charge is 0.311 e. The Morgan fingerprint density at radius 3 is 2.81 bits per heavy atom. The van der Waals surface area contributed by atoms with E-state index in [0.29, 0.717) is 6.42 Å². The topological polar surface area (TPSA) is 47.6 Å². The second kappa shape index (κ2) is 4.63. The van der Waals surface area contributed by atoms with Crippen molar-refractivity contribution in [3.8, 4) is 0 Å². The van der Waals surface area contributed by atoms with E-state index in [1.165, 1.54) is 12.7 Å². The zero-order valence-electron chi connectivity index (χ0n) is 9.40. The van der Waals surface area contributed by atoms with Crippen LogP contribution in [0.1, 0.15) is 17.2 Å². The molecule has 0 aromatic heterocycles. The molecule has 0 unspecified atom stereocenters. The van der Waals surface area contributed by atoms with Crippen LogP contribution >= 0.6 is 0 Å². The molecule has 4 heteroatoms. The first-order valence-corrected chi connectivity index (χ1v) is 5.22. The molecule has 1 aromatic carbocycles. The summed E-state index contributed by atoms with van der Waals surface area (Å²) in [6, 6.07) is 7.86. The number of carbonyl (C=O) groups excluding carboxylic acids is 1. The van der Waals surface area contributed by atoms with Crippen molar-refractivity contribution in [1.29, 1.82) is 0 Å². The van der Waals surface area contributed by atoms with Crippen LogP contribution in [0.5, 0.6) is 0 Å². The van der Waals surface area contributed by atoms with E-state index in [-0.39, 0.29) is 17.9 Å². The predicted molar refractivity (Wildman–Crippen MR) is 58.5 cm³/mol. The van der Waals surface area contributed by atoms with Crippen molar-refractivity contribution < 1.29 is 14.4 Å². The predicted octanol–water partition coefficient (Wildman–Crippen LogP) is 1.22. The quantitative estimate of drug-likeness (QED) is 0.616. The van der Waals surface area contributed by atoms with Crippen LogP contribution in [-0.2, 0) is 20.8 Å². The van der Waals surface area contributed by atoms with E-state index in [2.05, 4.69) is 5.48 Å². The van der Waals surface area contributed by atoms with Gasteiger partial charge in [-0.25, -0.2) is 0 Å². The van der Waals surface area contributed by atoms with Gasteiger partial charge in [-0.05, 0) is 17.5 Å². The number of rotatable bonds is 3. The molecular weight excluding hydrogens is 206 g/mol. The van der Waals surface area contributed by atoms with Gasteiger partial charge in [-0.15, -0.1) is 0 Å². The highest BCUT2D eigenvalue weighted by atomic mass is 16.6. The maximum Gasteiger partial charge on any atom is 0.311 e. The summed E-state index contributed by atoms with van der Waals surface area (Å²) < 4.78 is 4.81. The Labute approximate surface area is 94.5 Å². The summed E-state index contributed by atoms with van der Waals surface area (Å²) in [7, 11) is 2.96. The van der Waals surface area contributed by atoms with E-state index < -0.39 is 0 Å². The van der Waals surface area contributed by atoms with Gasteiger partial charge >= 0.3 is 5.97 Å². The number of fused-ring (bicyclic) bond motifs is 1. The van der Waals surface area contributed by atoms with Crippen LogP contribution in [0.3, 0.4) is 0 Å². The molecule has 86 valence electrons. The molecule has 4 nitrogen and oxygen atoms in total. The Hall–Kier alpha value is -1.39. The van der Waals surface area contributed by atoms with Crippen molar-refractivity contribution in [3.05, 3.63) is 35.4 Å². The summed E-state index contributed by atoms with van der Waals surface area (Å²) >= 11 is 0. The average molecular weight is 221 g/mol. The summed E-state index contributed by atoms with van der Waals surface area (Å²) in [6.07, 6.45) is 0.698. The fourth-order valence-electron chi connectivity index (χ4n) is 2.24. The zero-order chi connectivity index (χ0) is 11.5. The number of benzene rings is 1. The van der Waals surface area contributed by atoms with Crippen LogP contribution < -0.4 is 5.48 Å². The van der Waals surface area contributed by atoms with Gasteiger partial charge < -0.3 is 9.57 Å². The molecule has 0 fully saturated rings. The van der Waals surface area contributed by atoms with Crippen molar-refractivity contribution in [3.63, 3.8) is 0 Å². The molecule has 1 aliphatic carbocycles. The molecular formula is C12H15NO3. The first-order valence-electron chi connectivity index (χ1n) is 5.22. The summed E-state index contributed by atoms with van der Waals surface area (Å²) in [5, 5.41) is 0. The van der Waals surface area contributed by atoms with E-state index in [9.17, 15) is 4.79 Å². The highest BCUT2D eigenvalue weighted by molar-refractivity contribution is 5.75. The summed E-state index contributed by atoms with van der Waals surface area (Å²) in [6.45, 7) is 0. The maximum atomic E-state index is 11.7. The third-order valence-corrected chi connectivity index (χ3v) is 2.98. The molecule has 16 heavy (non-hydrogen) atoms. The molecule has 0 amide bonds. The van der Waals surface area contributed by atoms with Gasteiger partial charge in [0.25, 0.3) is 0 Å². The molecule has 0 radical (unpaired) electrons. The summed E-state index contributed by atoms with van der Waals surface area (Å²) in [5.41, 5.74) is 5.15. The first-order chi connectivity index (χ1) is 7.77. The highest BCUT2D eigenvalue weighted by Gasteiger charge is 2.37. The zero-order valence-corrected chi connectivity index (χ0v) is 9.40. The maximum absolute atomic E-state index is 11.7. The molecule has 0 heterocycles. The largest absolute Gasteiger partial charge is 0.469 e. The van der Waals surface area contributed by atoms with E-state index in [1.807, 2.05) is 24.3 Å². The Kier molecular flexibility index (Phi) is 3.22. The number of ether oxygens (including phenoxy) is 1. The molecule has 0 bridgehead atoms. The van der Waals surface area contributed by atoms with Gasteiger partial charge in [-0.1, -0.05) is 24.3 Å². The number of hydrogen-bond acceptors (Lipinski definition) is 4. The molecule has 1 N–H and O–H groups in total. The standard InChI is InChI=1S/C12H15NO3/c1-15-12(14)10-7-8-5-3-4-6-9(8)11(10)13-16-2/h3-6,10-11,13H,7H2,1-2H3/t10-,11-/m1/s1. The van der Waals surface area contributed by atoms with E-state index in [0.717, 1.165) is 5.56 Å². The van der Waals surface area contributed by atoms with Crippen molar-refractivity contribution in [1.82, 2.24) is 5.48 Å². The molecule has 2 atom stereocenters. The lowest BCUT2D eigenvalue weighted by molar-refractivity contribution is -0.147. The molecule has 2 rings (SSSR count). The van der Waals surface area contributed by atoms with Gasteiger partial charge in [-0.2, -0.15) is 5.48 Å². The minimum Gasteiger partial charge on any atom is -0.469 e. The van der Waals surface area contributed by atoms with Crippen LogP contribution in [-0.4, -0.2) is 20.2 Å². The lowest BCUT2D eigenvalue weighted by atomic mass is 10.0. The fourth-order valence-corrected chi connectivity index (χ4v) is 2.24. The Bertz CT molecular complexity index is 392. The number of nitrogens with one attached hydrogen (secondary N) is 1. The van der Waals surface area contributed by atoms with Gasteiger partial charge in [0, 0.05) is 0 Å². The minimum atomic E-state index is -0.206. The third-order valence-electron chi connectivity index (χ3n) is 2.98. The molecule has 0 spiro atoms. The second-order valence-electron chi connectivity index (χ2n) is 3.83. The SMILES string of the molecule is CON[C@@H]1c2ccccc2C[C@H]1C(=O)OC. The number of methoxy groups -OCH3 is 1. The van der Waals surface area contributed by atoms with E-state index in [1.54, 1.807) is 7.11 Å². The summed E-state index contributed by atoms with van der Waals surface area (Å²) in [4.78, 5) is 16.6. The number of hydroxylamine groups is 1. The molecule has 1 aliphatic rings. The molecule has 1 aromatic rings.